The van der Waals surface area contributed by atoms with Gasteiger partial charge >= 0.3 is 6.18 Å². The molecule has 3 heterocycles. The van der Waals surface area contributed by atoms with E-state index in [1.807, 2.05) is 0 Å². The number of para-hydroxylation sites is 1. The number of ether oxygens (including phenoxy) is 3. The van der Waals surface area contributed by atoms with Gasteiger partial charge in [0, 0.05) is 47.5 Å². The van der Waals surface area contributed by atoms with Crippen LogP contribution in [-0.2, 0) is 22.7 Å². The molecule has 1 aliphatic heterocycles. The van der Waals surface area contributed by atoms with Crippen molar-refractivity contribution in [3.05, 3.63) is 82.6 Å². The summed E-state index contributed by atoms with van der Waals surface area (Å²) in [4.78, 5) is 20.6. The number of nitrogens with one attached hydrogen (secondary N) is 1. The lowest BCUT2D eigenvalue weighted by molar-refractivity contribution is -0.165. The average Bonchev–Trinajstić information content (AvgIpc) is 3.57. The third-order valence-electron chi connectivity index (χ3n) is 7.91. The number of benzene rings is 3. The molecule has 1 fully saturated rings. The number of H-pyrrole nitrogens is 1. The van der Waals surface area contributed by atoms with E-state index in [9.17, 15) is 31.1 Å². The maximum absolute atomic E-state index is 14.8. The molecule has 0 bridgehead atoms. The number of aromatic amines is 1. The van der Waals surface area contributed by atoms with Gasteiger partial charge < -0.3 is 23.8 Å². The van der Waals surface area contributed by atoms with Crippen LogP contribution in [0.4, 0.5) is 26.3 Å². The molecule has 0 radical (unpaired) electrons. The van der Waals surface area contributed by atoms with E-state index in [1.54, 1.807) is 14.0 Å². The molecule has 2 aromatic heterocycles. The van der Waals surface area contributed by atoms with Crippen molar-refractivity contribution in [1.29, 1.82) is 0 Å². The Morgan fingerprint density at radius 1 is 1.11 bits per heavy atom. The summed E-state index contributed by atoms with van der Waals surface area (Å²) in [5.41, 5.74) is -1.28. The number of ketones is 1. The Kier molecular flexibility index (Phi) is 8.08. The molecule has 236 valence electrons. The second-order valence-corrected chi connectivity index (χ2v) is 10.7. The third kappa shape index (κ3) is 5.66. The largest absolute Gasteiger partial charge is 0.488 e. The minimum atomic E-state index is -4.83. The Bertz CT molecular complexity index is 1900. The Hall–Kier alpha value is -4.36. The highest BCUT2D eigenvalue weighted by Gasteiger charge is 2.38. The van der Waals surface area contributed by atoms with Gasteiger partial charge in [0.15, 0.2) is 35.3 Å². The fourth-order valence-electron chi connectivity index (χ4n) is 5.60. The SMILES string of the molecule is Cc1nc2c(OCCOC3CCCCO3)c(-c3cccc4c(C(=O)c5cc(F)c(F)c(F)c5)c[nH]c34)c(C(F)(F)F)cc2n1C. The number of hydrogen-bond donors (Lipinski definition) is 1. The normalized spacial score (nSPS) is 15.7. The Morgan fingerprint density at radius 2 is 1.87 bits per heavy atom. The molecule has 0 saturated carbocycles. The van der Waals surface area contributed by atoms with Crippen LogP contribution in [0, 0.1) is 24.4 Å². The van der Waals surface area contributed by atoms with Crippen molar-refractivity contribution in [1.82, 2.24) is 14.5 Å². The van der Waals surface area contributed by atoms with Gasteiger partial charge in [-0.3, -0.25) is 4.79 Å². The quantitative estimate of drug-likeness (QED) is 0.0826. The smallest absolute Gasteiger partial charge is 0.417 e. The Morgan fingerprint density at radius 3 is 2.56 bits per heavy atom. The van der Waals surface area contributed by atoms with Crippen LogP contribution in [0.25, 0.3) is 33.1 Å². The highest BCUT2D eigenvalue weighted by molar-refractivity contribution is 6.18. The number of halogens is 6. The van der Waals surface area contributed by atoms with E-state index in [4.69, 9.17) is 14.2 Å². The number of aromatic nitrogens is 3. The summed E-state index contributed by atoms with van der Waals surface area (Å²) in [5, 5.41) is 0.178. The highest BCUT2D eigenvalue weighted by atomic mass is 19.4. The molecule has 7 nitrogen and oxygen atoms in total. The standard InChI is InChI=1S/C32H27F6N3O4/c1-16-40-29-24(41(16)2)14-21(32(36,37)38)26(31(29)45-11-10-44-25-8-3-4-9-43-25)19-7-5-6-18-20(15-39-28(18)19)30(42)17-12-22(33)27(35)23(34)13-17/h5-7,12-15,25,39H,3-4,8-11H2,1-2H3. The van der Waals surface area contributed by atoms with Crippen molar-refractivity contribution in [2.45, 2.75) is 38.7 Å². The molecular weight excluding hydrogens is 604 g/mol. The van der Waals surface area contributed by atoms with E-state index in [2.05, 4.69) is 9.97 Å². The summed E-state index contributed by atoms with van der Waals surface area (Å²) in [6, 6.07) is 6.50. The number of rotatable bonds is 8. The maximum Gasteiger partial charge on any atom is 0.417 e. The predicted octanol–water partition coefficient (Wildman–Crippen LogP) is 7.62. The van der Waals surface area contributed by atoms with Crippen LogP contribution in [0.3, 0.4) is 0 Å². The van der Waals surface area contributed by atoms with E-state index >= 15 is 0 Å². The number of carbonyl (C=O) groups excluding carboxylic acids is 1. The molecule has 1 aliphatic rings. The molecule has 3 aromatic carbocycles. The molecule has 5 aromatic rings. The lowest BCUT2D eigenvalue weighted by Crippen LogP contribution is -2.24. The zero-order valence-electron chi connectivity index (χ0n) is 24.2. The topological polar surface area (TPSA) is 78.4 Å². The molecule has 1 saturated heterocycles. The minimum absolute atomic E-state index is 0.0454. The fraction of sp³-hybridized carbons (Fsp3) is 0.312. The van der Waals surface area contributed by atoms with E-state index in [0.717, 1.165) is 18.9 Å². The summed E-state index contributed by atoms with van der Waals surface area (Å²) >= 11 is 0. The van der Waals surface area contributed by atoms with E-state index in [0.29, 0.717) is 31.0 Å². The number of fused-ring (bicyclic) bond motifs is 2. The summed E-state index contributed by atoms with van der Waals surface area (Å²) < 4.78 is 105. The first-order valence-electron chi connectivity index (χ1n) is 14.2. The first-order valence-corrected chi connectivity index (χ1v) is 14.2. The molecule has 0 aliphatic carbocycles. The van der Waals surface area contributed by atoms with Crippen molar-refractivity contribution in [3.63, 3.8) is 0 Å². The number of imidazole rings is 1. The first-order chi connectivity index (χ1) is 21.5. The minimum Gasteiger partial charge on any atom is -0.488 e. The van der Waals surface area contributed by atoms with Gasteiger partial charge in [-0.1, -0.05) is 18.2 Å². The molecule has 1 unspecified atom stereocenters. The van der Waals surface area contributed by atoms with Crippen LogP contribution in [0.15, 0.2) is 42.6 Å². The molecule has 0 spiro atoms. The van der Waals surface area contributed by atoms with Crippen molar-refractivity contribution in [2.75, 3.05) is 19.8 Å². The van der Waals surface area contributed by atoms with Gasteiger partial charge in [-0.25, -0.2) is 18.2 Å². The summed E-state index contributed by atoms with van der Waals surface area (Å²) in [7, 11) is 1.60. The maximum atomic E-state index is 14.8. The second-order valence-electron chi connectivity index (χ2n) is 10.7. The van der Waals surface area contributed by atoms with E-state index < -0.39 is 46.8 Å². The van der Waals surface area contributed by atoms with Crippen LogP contribution in [0.2, 0.25) is 0 Å². The summed E-state index contributed by atoms with van der Waals surface area (Å²) in [6.45, 7) is 2.16. The van der Waals surface area contributed by atoms with Gasteiger partial charge in [0.05, 0.1) is 23.2 Å². The van der Waals surface area contributed by atoms with Crippen LogP contribution in [-0.4, -0.2) is 46.4 Å². The van der Waals surface area contributed by atoms with Gasteiger partial charge in [0.1, 0.15) is 17.9 Å². The average molecular weight is 632 g/mol. The molecule has 1 N–H and O–H groups in total. The monoisotopic (exact) mass is 631 g/mol. The van der Waals surface area contributed by atoms with Crippen molar-refractivity contribution < 1.29 is 45.3 Å². The highest BCUT2D eigenvalue weighted by Crippen LogP contribution is 2.48. The molecule has 13 heteroatoms. The van der Waals surface area contributed by atoms with Gasteiger partial charge in [-0.15, -0.1) is 0 Å². The van der Waals surface area contributed by atoms with Crippen molar-refractivity contribution in [3.8, 4) is 16.9 Å². The fourth-order valence-corrected chi connectivity index (χ4v) is 5.60. The molecule has 0 amide bonds. The van der Waals surface area contributed by atoms with Crippen molar-refractivity contribution >= 4 is 27.7 Å². The third-order valence-corrected chi connectivity index (χ3v) is 7.91. The number of alkyl halides is 3. The summed E-state index contributed by atoms with van der Waals surface area (Å²) in [6.07, 6.45) is -1.46. The van der Waals surface area contributed by atoms with E-state index in [-0.39, 0.29) is 57.6 Å². The number of hydrogen-bond acceptors (Lipinski definition) is 5. The van der Waals surface area contributed by atoms with Gasteiger partial charge in [-0.05, 0) is 44.4 Å². The molecule has 6 rings (SSSR count). The van der Waals surface area contributed by atoms with Gasteiger partial charge in [0.2, 0.25) is 0 Å². The number of nitrogens with zero attached hydrogens (tertiary/aromatic N) is 2. The lowest BCUT2D eigenvalue weighted by atomic mass is 9.94. The first kappa shape index (κ1) is 30.7. The second kappa shape index (κ2) is 11.9. The number of aryl methyl sites for hydroxylation is 2. The Balaban J connectivity index is 1.48. The zero-order chi connectivity index (χ0) is 32.0. The zero-order valence-corrected chi connectivity index (χ0v) is 24.2. The van der Waals surface area contributed by atoms with Crippen LogP contribution in [0.1, 0.15) is 46.6 Å². The van der Waals surface area contributed by atoms with Crippen molar-refractivity contribution in [2.24, 2.45) is 7.05 Å². The summed E-state index contributed by atoms with van der Waals surface area (Å²) in [5.74, 6) is -5.36. The Labute approximate surface area is 252 Å². The molecule has 45 heavy (non-hydrogen) atoms. The van der Waals surface area contributed by atoms with Gasteiger partial charge in [0.25, 0.3) is 0 Å². The lowest BCUT2D eigenvalue weighted by Gasteiger charge is -2.23. The van der Waals surface area contributed by atoms with Gasteiger partial charge in [-0.2, -0.15) is 13.2 Å². The van der Waals surface area contributed by atoms with Crippen LogP contribution in [0.5, 0.6) is 5.75 Å². The van der Waals surface area contributed by atoms with E-state index in [1.165, 1.54) is 29.0 Å². The van der Waals surface area contributed by atoms with Crippen LogP contribution >= 0.6 is 0 Å². The van der Waals surface area contributed by atoms with Crippen LogP contribution < -0.4 is 4.74 Å². The molecular formula is C32H27F6N3O4. The molecule has 1 atom stereocenters. The predicted molar refractivity (Wildman–Crippen MR) is 153 cm³/mol. The number of carbonyl (C=O) groups is 1.